The highest BCUT2D eigenvalue weighted by molar-refractivity contribution is 5.74. The van der Waals surface area contributed by atoms with Crippen molar-refractivity contribution in [2.24, 2.45) is 0 Å². The minimum absolute atomic E-state index is 1.03. The molecule has 14 heavy (non-hydrogen) atoms. The maximum absolute atomic E-state index is 5.27. The van der Waals surface area contributed by atoms with Crippen molar-refractivity contribution in [2.75, 3.05) is 7.11 Å². The summed E-state index contributed by atoms with van der Waals surface area (Å²) < 4.78 is 1.83. The van der Waals surface area contributed by atoms with E-state index in [9.17, 15) is 0 Å². The molecule has 0 spiro atoms. The molecule has 0 saturated heterocycles. The average molecular weight is 185 g/mol. The van der Waals surface area contributed by atoms with Gasteiger partial charge in [-0.3, -0.25) is 0 Å². The first-order chi connectivity index (χ1) is 6.90. The maximum Gasteiger partial charge on any atom is 0.104 e. The van der Waals surface area contributed by atoms with Gasteiger partial charge in [-0.15, -0.1) is 0 Å². The predicted molar refractivity (Wildman–Crippen MR) is 55.2 cm³/mol. The van der Waals surface area contributed by atoms with Gasteiger partial charge in [-0.05, 0) is 17.2 Å². The zero-order chi connectivity index (χ0) is 9.54. The maximum atomic E-state index is 5.27. The second kappa shape index (κ2) is 2.64. The van der Waals surface area contributed by atoms with Crippen LogP contribution in [0, 0.1) is 0 Å². The van der Waals surface area contributed by atoms with E-state index in [2.05, 4.69) is 30.3 Å². The molecule has 0 saturated carbocycles. The fraction of sp³-hybridized carbons (Fsp3) is 0.167. The van der Waals surface area contributed by atoms with Crippen LogP contribution in [0.2, 0.25) is 0 Å². The Kier molecular flexibility index (Phi) is 1.45. The summed E-state index contributed by atoms with van der Waals surface area (Å²) in [5.41, 5.74) is 5.26. The summed E-state index contributed by atoms with van der Waals surface area (Å²) in [5, 5.41) is 0. The van der Waals surface area contributed by atoms with E-state index in [1.54, 1.807) is 7.11 Å². The number of rotatable bonds is 1. The van der Waals surface area contributed by atoms with Crippen LogP contribution in [0.25, 0.3) is 11.3 Å². The lowest BCUT2D eigenvalue weighted by Gasteiger charge is -2.05. The Balaban J connectivity index is 2.28. The quantitative estimate of drug-likeness (QED) is 0.566. The first-order valence-electron chi connectivity index (χ1n) is 4.73. The van der Waals surface area contributed by atoms with Gasteiger partial charge in [0, 0.05) is 18.2 Å². The molecular formula is C12H11NO. The monoisotopic (exact) mass is 185 g/mol. The van der Waals surface area contributed by atoms with Crippen molar-refractivity contribution in [1.82, 2.24) is 4.73 Å². The van der Waals surface area contributed by atoms with Gasteiger partial charge in [0.2, 0.25) is 0 Å². The molecule has 3 rings (SSSR count). The third-order valence-electron chi connectivity index (χ3n) is 2.79. The average Bonchev–Trinajstić information content (AvgIpc) is 2.75. The molecule has 0 fully saturated rings. The van der Waals surface area contributed by atoms with Gasteiger partial charge in [-0.1, -0.05) is 24.3 Å². The third kappa shape index (κ3) is 0.854. The molecule has 0 amide bonds. The highest BCUT2D eigenvalue weighted by Crippen LogP contribution is 2.36. The summed E-state index contributed by atoms with van der Waals surface area (Å²) in [6.45, 7) is 0. The minimum Gasteiger partial charge on any atom is -0.417 e. The Labute approximate surface area is 82.7 Å². The van der Waals surface area contributed by atoms with Gasteiger partial charge in [-0.2, -0.15) is 4.73 Å². The number of aromatic nitrogens is 1. The van der Waals surface area contributed by atoms with Crippen LogP contribution < -0.4 is 4.84 Å². The van der Waals surface area contributed by atoms with E-state index in [4.69, 9.17) is 4.84 Å². The molecular weight excluding hydrogens is 174 g/mol. The standard InChI is InChI=1S/C12H11NO/c1-14-13-7-6-10-8-9-4-2-3-5-11(9)12(10)13/h2-7H,8H2,1H3. The van der Waals surface area contributed by atoms with Crippen LogP contribution in [-0.4, -0.2) is 11.8 Å². The number of nitrogens with zero attached hydrogens (tertiary/aromatic N) is 1. The summed E-state index contributed by atoms with van der Waals surface area (Å²) in [6, 6.07) is 10.6. The van der Waals surface area contributed by atoms with Gasteiger partial charge >= 0.3 is 0 Å². The molecule has 0 N–H and O–H groups in total. The molecule has 70 valence electrons. The largest absolute Gasteiger partial charge is 0.417 e. The number of hydrogen-bond donors (Lipinski definition) is 0. The minimum atomic E-state index is 1.03. The van der Waals surface area contributed by atoms with E-state index in [0.29, 0.717) is 0 Å². The molecule has 0 radical (unpaired) electrons. The van der Waals surface area contributed by atoms with Crippen LogP contribution in [0.5, 0.6) is 0 Å². The number of fused-ring (bicyclic) bond motifs is 3. The molecule has 1 heterocycles. The van der Waals surface area contributed by atoms with Crippen molar-refractivity contribution in [2.45, 2.75) is 6.42 Å². The molecule has 0 unspecified atom stereocenters. The molecule has 2 heteroatoms. The molecule has 1 aromatic heterocycles. The normalized spacial score (nSPS) is 12.4. The molecule has 1 aliphatic rings. The molecule has 0 atom stereocenters. The van der Waals surface area contributed by atoms with Gasteiger partial charge in [0.25, 0.3) is 0 Å². The van der Waals surface area contributed by atoms with Gasteiger partial charge in [0.05, 0.1) is 5.69 Å². The highest BCUT2D eigenvalue weighted by Gasteiger charge is 2.21. The molecule has 2 aromatic rings. The second-order valence-electron chi connectivity index (χ2n) is 3.53. The van der Waals surface area contributed by atoms with Gasteiger partial charge in [-0.25, -0.2) is 0 Å². The number of benzene rings is 1. The summed E-state index contributed by atoms with van der Waals surface area (Å²) in [7, 11) is 1.70. The number of hydrogen-bond acceptors (Lipinski definition) is 1. The third-order valence-corrected chi connectivity index (χ3v) is 2.79. The lowest BCUT2D eigenvalue weighted by atomic mass is 10.1. The van der Waals surface area contributed by atoms with Gasteiger partial charge in [0.1, 0.15) is 7.11 Å². The van der Waals surface area contributed by atoms with Crippen molar-refractivity contribution in [3.05, 3.63) is 47.7 Å². The van der Waals surface area contributed by atoms with E-state index in [0.717, 1.165) is 6.42 Å². The Hall–Kier alpha value is -1.70. The SMILES string of the molecule is COn1ccc2c1-c1ccccc1C2. The Morgan fingerprint density at radius 2 is 2.00 bits per heavy atom. The first kappa shape index (κ1) is 7.68. The van der Waals surface area contributed by atoms with Crippen LogP contribution in [0.15, 0.2) is 36.5 Å². The zero-order valence-corrected chi connectivity index (χ0v) is 8.03. The lowest BCUT2D eigenvalue weighted by Crippen LogP contribution is -2.04. The van der Waals surface area contributed by atoms with Crippen LogP contribution in [0.3, 0.4) is 0 Å². The summed E-state index contributed by atoms with van der Waals surface area (Å²) in [4.78, 5) is 5.27. The second-order valence-corrected chi connectivity index (χ2v) is 3.53. The van der Waals surface area contributed by atoms with E-state index in [-0.39, 0.29) is 0 Å². The fourth-order valence-electron chi connectivity index (χ4n) is 2.15. The van der Waals surface area contributed by atoms with Crippen LogP contribution >= 0.6 is 0 Å². The van der Waals surface area contributed by atoms with E-state index in [1.165, 1.54) is 22.4 Å². The van der Waals surface area contributed by atoms with Crippen molar-refractivity contribution < 1.29 is 4.84 Å². The zero-order valence-electron chi connectivity index (χ0n) is 8.03. The Morgan fingerprint density at radius 1 is 1.14 bits per heavy atom. The molecule has 1 aliphatic carbocycles. The topological polar surface area (TPSA) is 14.2 Å². The molecule has 1 aromatic carbocycles. The van der Waals surface area contributed by atoms with Crippen molar-refractivity contribution >= 4 is 0 Å². The summed E-state index contributed by atoms with van der Waals surface area (Å²) in [5.74, 6) is 0. The molecule has 0 aliphatic heterocycles. The van der Waals surface area contributed by atoms with Crippen LogP contribution in [0.4, 0.5) is 0 Å². The van der Waals surface area contributed by atoms with Crippen LogP contribution in [-0.2, 0) is 6.42 Å². The van der Waals surface area contributed by atoms with Gasteiger partial charge in [0.15, 0.2) is 0 Å². The highest BCUT2D eigenvalue weighted by atomic mass is 16.6. The van der Waals surface area contributed by atoms with E-state index >= 15 is 0 Å². The summed E-state index contributed by atoms with van der Waals surface area (Å²) in [6.07, 6.45) is 3.00. The van der Waals surface area contributed by atoms with Crippen LogP contribution in [0.1, 0.15) is 11.1 Å². The lowest BCUT2D eigenvalue weighted by molar-refractivity contribution is 0.172. The fourth-order valence-corrected chi connectivity index (χ4v) is 2.15. The smallest absolute Gasteiger partial charge is 0.104 e. The molecule has 0 bridgehead atoms. The van der Waals surface area contributed by atoms with Crippen molar-refractivity contribution in [3.63, 3.8) is 0 Å². The van der Waals surface area contributed by atoms with Gasteiger partial charge < -0.3 is 4.84 Å². The predicted octanol–water partition coefficient (Wildman–Crippen LogP) is 2.12. The van der Waals surface area contributed by atoms with E-state index in [1.807, 2.05) is 10.9 Å². The first-order valence-corrected chi connectivity index (χ1v) is 4.73. The Bertz CT molecular complexity index is 485. The Morgan fingerprint density at radius 3 is 2.86 bits per heavy atom. The van der Waals surface area contributed by atoms with Crippen molar-refractivity contribution in [3.8, 4) is 11.3 Å². The molecule has 2 nitrogen and oxygen atoms in total. The summed E-state index contributed by atoms with van der Waals surface area (Å²) >= 11 is 0. The van der Waals surface area contributed by atoms with E-state index < -0.39 is 0 Å². The van der Waals surface area contributed by atoms with Crippen molar-refractivity contribution in [1.29, 1.82) is 0 Å².